The third-order valence-electron chi connectivity index (χ3n) is 0.930. The van der Waals surface area contributed by atoms with E-state index in [9.17, 15) is 4.79 Å². The summed E-state index contributed by atoms with van der Waals surface area (Å²) >= 11 is 0. The summed E-state index contributed by atoms with van der Waals surface area (Å²) in [6.45, 7) is 0. The van der Waals surface area contributed by atoms with E-state index in [1.807, 2.05) is 0 Å². The fraction of sp³-hybridized carbons (Fsp3) is 0.800. The van der Waals surface area contributed by atoms with E-state index in [2.05, 4.69) is 0 Å². The van der Waals surface area contributed by atoms with Gasteiger partial charge in [-0.1, -0.05) is 0 Å². The van der Waals surface area contributed by atoms with E-state index in [0.717, 1.165) is 19.1 Å². The number of carbonyl (C=O) groups excluding carboxylic acids is 1. The summed E-state index contributed by atoms with van der Waals surface area (Å²) in [5.74, 6) is 0. The molecule has 0 bridgehead atoms. The zero-order valence-electron chi connectivity index (χ0n) is 5.16. The highest BCUT2D eigenvalue weighted by Gasteiger charge is 1.95. The molecule has 0 unspecified atom stereocenters. The van der Waals surface area contributed by atoms with E-state index >= 15 is 0 Å². The van der Waals surface area contributed by atoms with Crippen LogP contribution in [0.25, 0.3) is 0 Å². The molecule has 0 aliphatic rings. The summed E-state index contributed by atoms with van der Waals surface area (Å²) in [6, 6.07) is 0. The van der Waals surface area contributed by atoms with Crippen LogP contribution in [-0.4, -0.2) is 22.2 Å². The molecule has 0 aromatic carbocycles. The monoisotopic (exact) mass is 150 g/mol. The lowest BCUT2D eigenvalue weighted by molar-refractivity contribution is -0.107. The first kappa shape index (κ1) is 9.02. The SMILES string of the molecule is O=CCCCCP(O)O. The predicted octanol–water partition coefficient (Wildman–Crippen LogP) is 0.652. The van der Waals surface area contributed by atoms with Crippen molar-refractivity contribution in [3.8, 4) is 0 Å². The van der Waals surface area contributed by atoms with E-state index in [0.29, 0.717) is 12.6 Å². The Morgan fingerprint density at radius 3 is 2.44 bits per heavy atom. The molecule has 0 rings (SSSR count). The number of aldehydes is 1. The summed E-state index contributed by atoms with van der Waals surface area (Å²) in [5, 5.41) is 0. The first-order valence-corrected chi connectivity index (χ1v) is 4.29. The lowest BCUT2D eigenvalue weighted by Crippen LogP contribution is -1.83. The van der Waals surface area contributed by atoms with E-state index in [-0.39, 0.29) is 0 Å². The van der Waals surface area contributed by atoms with Crippen molar-refractivity contribution in [2.45, 2.75) is 19.3 Å². The molecule has 4 heteroatoms. The third-order valence-corrected chi connectivity index (χ3v) is 1.65. The Morgan fingerprint density at radius 2 is 2.00 bits per heavy atom. The maximum absolute atomic E-state index is 9.73. The standard InChI is InChI=1S/C5H11O3P/c6-4-2-1-3-5-9(7)8/h4,7-8H,1-3,5H2. The molecule has 3 nitrogen and oxygen atoms in total. The van der Waals surface area contributed by atoms with E-state index in [1.54, 1.807) is 0 Å². The Bertz CT molecular complexity index is 74.6. The summed E-state index contributed by atoms with van der Waals surface area (Å²) < 4.78 is 0. The quantitative estimate of drug-likeness (QED) is 0.343. The number of hydrogen-bond acceptors (Lipinski definition) is 3. The van der Waals surface area contributed by atoms with Crippen LogP contribution >= 0.6 is 8.38 Å². The minimum atomic E-state index is -1.73. The van der Waals surface area contributed by atoms with Crippen molar-refractivity contribution in [1.82, 2.24) is 0 Å². The van der Waals surface area contributed by atoms with Gasteiger partial charge in [-0.15, -0.1) is 0 Å². The number of unbranched alkanes of at least 4 members (excludes halogenated alkanes) is 2. The zero-order chi connectivity index (χ0) is 7.11. The van der Waals surface area contributed by atoms with Gasteiger partial charge in [0.15, 0.2) is 8.38 Å². The van der Waals surface area contributed by atoms with Gasteiger partial charge in [-0.2, -0.15) is 0 Å². The third kappa shape index (κ3) is 8.02. The van der Waals surface area contributed by atoms with Crippen molar-refractivity contribution < 1.29 is 14.6 Å². The van der Waals surface area contributed by atoms with Crippen LogP contribution in [-0.2, 0) is 4.79 Å². The van der Waals surface area contributed by atoms with E-state index < -0.39 is 8.38 Å². The molecule has 0 amide bonds. The van der Waals surface area contributed by atoms with Gasteiger partial charge in [0, 0.05) is 12.6 Å². The number of carbonyl (C=O) groups is 1. The van der Waals surface area contributed by atoms with Crippen LogP contribution in [0.2, 0.25) is 0 Å². The van der Waals surface area contributed by atoms with Crippen molar-refractivity contribution in [3.05, 3.63) is 0 Å². The average Bonchev–Trinajstić information content (AvgIpc) is 1.80. The molecule has 0 aromatic rings. The summed E-state index contributed by atoms with van der Waals surface area (Å²) in [4.78, 5) is 26.5. The Morgan fingerprint density at radius 1 is 1.33 bits per heavy atom. The second kappa shape index (κ2) is 6.14. The molecule has 0 heterocycles. The summed E-state index contributed by atoms with van der Waals surface area (Å²) in [7, 11) is -1.73. The second-order valence-electron chi connectivity index (χ2n) is 1.76. The first-order valence-electron chi connectivity index (χ1n) is 2.86. The van der Waals surface area contributed by atoms with Gasteiger partial charge in [-0.3, -0.25) is 0 Å². The topological polar surface area (TPSA) is 57.5 Å². The fourth-order valence-electron chi connectivity index (χ4n) is 0.481. The molecule has 0 spiro atoms. The summed E-state index contributed by atoms with van der Waals surface area (Å²) in [5.41, 5.74) is 0. The molecule has 0 aliphatic heterocycles. The van der Waals surface area contributed by atoms with Gasteiger partial charge in [0.25, 0.3) is 0 Å². The molecule has 0 saturated heterocycles. The Hall–Kier alpha value is 0.0200. The smallest absolute Gasteiger partial charge is 0.164 e. The van der Waals surface area contributed by atoms with Crippen molar-refractivity contribution in [3.63, 3.8) is 0 Å². The lowest BCUT2D eigenvalue weighted by atomic mass is 10.3. The highest BCUT2D eigenvalue weighted by molar-refractivity contribution is 7.45. The molecule has 0 aromatic heterocycles. The van der Waals surface area contributed by atoms with Gasteiger partial charge in [0.2, 0.25) is 0 Å². The maximum Gasteiger partial charge on any atom is 0.164 e. The molecule has 0 saturated carbocycles. The van der Waals surface area contributed by atoms with E-state index in [4.69, 9.17) is 9.79 Å². The van der Waals surface area contributed by atoms with Crippen LogP contribution in [0.4, 0.5) is 0 Å². The molecule has 9 heavy (non-hydrogen) atoms. The minimum absolute atomic E-state index is 0.434. The molecule has 0 radical (unpaired) electrons. The minimum Gasteiger partial charge on any atom is -0.350 e. The Labute approximate surface area is 55.6 Å². The van der Waals surface area contributed by atoms with Crippen LogP contribution in [0.15, 0.2) is 0 Å². The van der Waals surface area contributed by atoms with Crippen LogP contribution in [0.5, 0.6) is 0 Å². The predicted molar refractivity (Wildman–Crippen MR) is 36.1 cm³/mol. The second-order valence-corrected chi connectivity index (χ2v) is 2.95. The number of hydrogen-bond donors (Lipinski definition) is 2. The number of rotatable bonds is 5. The van der Waals surface area contributed by atoms with Gasteiger partial charge in [-0.25, -0.2) is 0 Å². The first-order chi connectivity index (χ1) is 4.27. The molecule has 0 fully saturated rings. The zero-order valence-corrected chi connectivity index (χ0v) is 6.05. The average molecular weight is 150 g/mol. The maximum atomic E-state index is 9.73. The van der Waals surface area contributed by atoms with Crippen LogP contribution in [0, 0.1) is 0 Å². The largest absolute Gasteiger partial charge is 0.350 e. The lowest BCUT2D eigenvalue weighted by Gasteiger charge is -1.98. The van der Waals surface area contributed by atoms with Gasteiger partial charge in [0.05, 0.1) is 0 Å². The Balaban J connectivity index is 2.82. The van der Waals surface area contributed by atoms with Gasteiger partial charge in [0.1, 0.15) is 6.29 Å². The van der Waals surface area contributed by atoms with Crippen molar-refractivity contribution in [2.75, 3.05) is 6.16 Å². The van der Waals surface area contributed by atoms with Gasteiger partial charge in [-0.05, 0) is 12.8 Å². The van der Waals surface area contributed by atoms with Crippen LogP contribution in [0.3, 0.4) is 0 Å². The molecule has 0 atom stereocenters. The normalized spacial score (nSPS) is 10.1. The highest BCUT2D eigenvalue weighted by atomic mass is 31.2. The van der Waals surface area contributed by atoms with Crippen LogP contribution in [0.1, 0.15) is 19.3 Å². The highest BCUT2D eigenvalue weighted by Crippen LogP contribution is 2.24. The Kier molecular flexibility index (Phi) is 6.16. The van der Waals surface area contributed by atoms with Gasteiger partial charge >= 0.3 is 0 Å². The molecule has 2 N–H and O–H groups in total. The van der Waals surface area contributed by atoms with Crippen LogP contribution < -0.4 is 0 Å². The van der Waals surface area contributed by atoms with Crippen molar-refractivity contribution >= 4 is 14.7 Å². The summed E-state index contributed by atoms with van der Waals surface area (Å²) in [6.07, 6.45) is 3.31. The fourth-order valence-corrected chi connectivity index (χ4v) is 0.987. The molecule has 54 valence electrons. The van der Waals surface area contributed by atoms with Crippen molar-refractivity contribution in [1.29, 1.82) is 0 Å². The van der Waals surface area contributed by atoms with E-state index in [1.165, 1.54) is 0 Å². The molecule has 0 aliphatic carbocycles. The van der Waals surface area contributed by atoms with Crippen molar-refractivity contribution in [2.24, 2.45) is 0 Å². The van der Waals surface area contributed by atoms with Gasteiger partial charge < -0.3 is 14.6 Å². The molecular weight excluding hydrogens is 139 g/mol. The molecular formula is C5H11O3P.